The normalized spacial score (nSPS) is 15.8. The van der Waals surface area contributed by atoms with E-state index in [-0.39, 0.29) is 12.2 Å². The van der Waals surface area contributed by atoms with Crippen LogP contribution < -0.4 is 19.6 Å². The number of esters is 1. The average molecular weight is 483 g/mol. The van der Waals surface area contributed by atoms with Gasteiger partial charge in [-0.15, -0.1) is 0 Å². The van der Waals surface area contributed by atoms with Gasteiger partial charge in [0.2, 0.25) is 0 Å². The first-order valence-corrected chi connectivity index (χ1v) is 11.8. The number of rotatable bonds is 6. The zero-order valence-corrected chi connectivity index (χ0v) is 20.1. The summed E-state index contributed by atoms with van der Waals surface area (Å²) < 4.78 is 12.9. The molecule has 6 nitrogen and oxygen atoms in total. The van der Waals surface area contributed by atoms with E-state index in [1.165, 1.54) is 11.3 Å². The Morgan fingerprint density at radius 3 is 2.61 bits per heavy atom. The fourth-order valence-electron chi connectivity index (χ4n) is 3.77. The van der Waals surface area contributed by atoms with E-state index < -0.39 is 12.0 Å². The second-order valence-electron chi connectivity index (χ2n) is 7.34. The molecule has 0 aliphatic carbocycles. The molecule has 8 heteroatoms. The lowest BCUT2D eigenvalue weighted by Gasteiger charge is -2.24. The van der Waals surface area contributed by atoms with Gasteiger partial charge in [0.1, 0.15) is 5.75 Å². The Hall–Kier alpha value is -3.16. The number of aromatic nitrogens is 1. The molecule has 3 aromatic rings. The van der Waals surface area contributed by atoms with Crippen LogP contribution in [0.2, 0.25) is 5.02 Å². The number of halogens is 1. The zero-order chi connectivity index (χ0) is 23.5. The van der Waals surface area contributed by atoms with Crippen molar-refractivity contribution in [2.75, 3.05) is 13.2 Å². The highest BCUT2D eigenvalue weighted by Gasteiger charge is 2.33. The fourth-order valence-corrected chi connectivity index (χ4v) is 5.06. The van der Waals surface area contributed by atoms with E-state index in [0.29, 0.717) is 38.0 Å². The zero-order valence-electron chi connectivity index (χ0n) is 18.5. The van der Waals surface area contributed by atoms with Crippen LogP contribution in [-0.2, 0) is 9.53 Å². The van der Waals surface area contributed by atoms with Crippen LogP contribution in [0.25, 0.3) is 6.08 Å². The van der Waals surface area contributed by atoms with E-state index in [1.807, 2.05) is 43.3 Å². The van der Waals surface area contributed by atoms with Crippen LogP contribution in [0.3, 0.4) is 0 Å². The molecule has 1 aliphatic heterocycles. The Labute approximate surface area is 200 Å². The van der Waals surface area contributed by atoms with Crippen molar-refractivity contribution < 1.29 is 14.3 Å². The van der Waals surface area contributed by atoms with Gasteiger partial charge in [-0.25, -0.2) is 9.79 Å². The number of carbonyl (C=O) groups is 1. The molecule has 2 heterocycles. The second kappa shape index (κ2) is 9.77. The number of hydrogen-bond donors (Lipinski definition) is 0. The predicted octanol–water partition coefficient (Wildman–Crippen LogP) is 3.85. The number of allylic oxidation sites excluding steroid dienone is 1. The van der Waals surface area contributed by atoms with E-state index in [0.717, 1.165) is 11.1 Å². The standard InChI is InChI=1S/C25H23ClN2O4S/c1-4-31-19-12-11-16(13-18(19)26)14-20-23(29)28-22(17-9-7-6-8-10-17)21(24(30)32-5-2)15(3)27-25(28)33-20/h6-14,22H,4-5H2,1-3H3/b20-14-/t22-/m0/s1. The molecule has 0 spiro atoms. The number of hydrogen-bond acceptors (Lipinski definition) is 6. The Balaban J connectivity index is 1.89. The highest BCUT2D eigenvalue weighted by molar-refractivity contribution is 7.07. The molecule has 0 bridgehead atoms. The summed E-state index contributed by atoms with van der Waals surface area (Å²) in [6, 6.07) is 14.2. The van der Waals surface area contributed by atoms with Crippen molar-refractivity contribution in [3.63, 3.8) is 0 Å². The van der Waals surface area contributed by atoms with Crippen molar-refractivity contribution in [1.29, 1.82) is 0 Å². The van der Waals surface area contributed by atoms with Gasteiger partial charge in [-0.2, -0.15) is 0 Å². The number of benzene rings is 2. The predicted molar refractivity (Wildman–Crippen MR) is 129 cm³/mol. The summed E-state index contributed by atoms with van der Waals surface area (Å²) in [5.74, 6) is 0.122. The minimum absolute atomic E-state index is 0.230. The summed E-state index contributed by atoms with van der Waals surface area (Å²) in [4.78, 5) is 31.5. The maximum absolute atomic E-state index is 13.5. The van der Waals surface area contributed by atoms with Gasteiger partial charge >= 0.3 is 5.97 Å². The van der Waals surface area contributed by atoms with E-state index in [9.17, 15) is 9.59 Å². The molecule has 0 saturated heterocycles. The topological polar surface area (TPSA) is 69.9 Å². The van der Waals surface area contributed by atoms with E-state index in [1.54, 1.807) is 36.6 Å². The lowest BCUT2D eigenvalue weighted by molar-refractivity contribution is -0.139. The van der Waals surface area contributed by atoms with E-state index in [2.05, 4.69) is 4.99 Å². The lowest BCUT2D eigenvalue weighted by Crippen LogP contribution is -2.39. The number of nitrogens with zero attached hydrogens (tertiary/aromatic N) is 2. The van der Waals surface area contributed by atoms with Gasteiger partial charge in [0.25, 0.3) is 5.56 Å². The number of thiazole rings is 1. The molecule has 33 heavy (non-hydrogen) atoms. The van der Waals surface area contributed by atoms with Crippen molar-refractivity contribution in [1.82, 2.24) is 4.57 Å². The van der Waals surface area contributed by atoms with Crippen LogP contribution in [-0.4, -0.2) is 23.8 Å². The molecule has 1 aliphatic rings. The number of ether oxygens (including phenoxy) is 2. The van der Waals surface area contributed by atoms with Gasteiger partial charge < -0.3 is 9.47 Å². The van der Waals surface area contributed by atoms with Crippen LogP contribution >= 0.6 is 22.9 Å². The largest absolute Gasteiger partial charge is 0.492 e. The van der Waals surface area contributed by atoms with Gasteiger partial charge in [-0.1, -0.05) is 59.3 Å². The maximum atomic E-state index is 13.5. The molecular formula is C25H23ClN2O4S. The van der Waals surface area contributed by atoms with Crippen molar-refractivity contribution in [3.8, 4) is 5.75 Å². The van der Waals surface area contributed by atoms with Crippen molar-refractivity contribution in [3.05, 3.63) is 95.6 Å². The summed E-state index contributed by atoms with van der Waals surface area (Å²) in [5, 5.41) is 0.473. The minimum Gasteiger partial charge on any atom is -0.492 e. The van der Waals surface area contributed by atoms with Gasteiger partial charge in [0.05, 0.1) is 40.1 Å². The molecule has 0 radical (unpaired) electrons. The van der Waals surface area contributed by atoms with Gasteiger partial charge in [0.15, 0.2) is 4.80 Å². The molecule has 0 saturated carbocycles. The van der Waals surface area contributed by atoms with E-state index in [4.69, 9.17) is 21.1 Å². The monoisotopic (exact) mass is 482 g/mol. The first kappa shape index (κ1) is 23.0. The highest BCUT2D eigenvalue weighted by atomic mass is 35.5. The highest BCUT2D eigenvalue weighted by Crippen LogP contribution is 2.30. The molecule has 0 amide bonds. The first-order valence-electron chi connectivity index (χ1n) is 10.6. The van der Waals surface area contributed by atoms with Gasteiger partial charge in [0, 0.05) is 0 Å². The van der Waals surface area contributed by atoms with Crippen LogP contribution in [0, 0.1) is 0 Å². The third-order valence-corrected chi connectivity index (χ3v) is 6.46. The van der Waals surface area contributed by atoms with Gasteiger partial charge in [-0.3, -0.25) is 9.36 Å². The summed E-state index contributed by atoms with van der Waals surface area (Å²) in [7, 11) is 0. The Morgan fingerprint density at radius 2 is 1.94 bits per heavy atom. The SMILES string of the molecule is CCOC(=O)C1=C(C)N=c2s/c(=C\c3ccc(OCC)c(Cl)c3)c(=O)n2[C@H]1c1ccccc1. The minimum atomic E-state index is -0.618. The molecule has 4 rings (SSSR count). The van der Waals surface area contributed by atoms with Crippen molar-refractivity contribution in [2.45, 2.75) is 26.8 Å². The van der Waals surface area contributed by atoms with Crippen molar-refractivity contribution in [2.24, 2.45) is 4.99 Å². The summed E-state index contributed by atoms with van der Waals surface area (Å²) in [5.41, 5.74) is 2.26. The third kappa shape index (κ3) is 4.51. The van der Waals surface area contributed by atoms with E-state index >= 15 is 0 Å². The molecule has 0 fully saturated rings. The molecule has 170 valence electrons. The summed E-state index contributed by atoms with van der Waals surface area (Å²) in [6.45, 7) is 6.16. The molecular weight excluding hydrogens is 460 g/mol. The molecule has 1 aromatic heterocycles. The Kier molecular flexibility index (Phi) is 6.81. The molecule has 1 atom stereocenters. The van der Waals surface area contributed by atoms with Crippen LogP contribution in [0.4, 0.5) is 0 Å². The second-order valence-corrected chi connectivity index (χ2v) is 8.75. The summed E-state index contributed by atoms with van der Waals surface area (Å²) in [6.07, 6.45) is 1.77. The van der Waals surface area contributed by atoms with Gasteiger partial charge in [-0.05, 0) is 50.1 Å². The van der Waals surface area contributed by atoms with Crippen LogP contribution in [0.1, 0.15) is 37.9 Å². The Morgan fingerprint density at radius 1 is 1.18 bits per heavy atom. The quantitative estimate of drug-likeness (QED) is 0.500. The summed E-state index contributed by atoms with van der Waals surface area (Å²) >= 11 is 7.59. The molecule has 0 unspecified atom stereocenters. The smallest absolute Gasteiger partial charge is 0.338 e. The first-order chi connectivity index (χ1) is 15.9. The molecule has 2 aromatic carbocycles. The average Bonchev–Trinajstić information content (AvgIpc) is 3.10. The number of fused-ring (bicyclic) bond motifs is 1. The van der Waals surface area contributed by atoms with Crippen LogP contribution in [0.5, 0.6) is 5.75 Å². The fraction of sp³-hybridized carbons (Fsp3) is 0.240. The third-order valence-electron chi connectivity index (χ3n) is 5.19. The van der Waals surface area contributed by atoms with Crippen molar-refractivity contribution >= 4 is 35.0 Å². The Bertz CT molecular complexity index is 1410. The molecule has 0 N–H and O–H groups in total. The number of carbonyl (C=O) groups excluding carboxylic acids is 1. The van der Waals surface area contributed by atoms with Crippen LogP contribution in [0.15, 0.2) is 69.6 Å². The maximum Gasteiger partial charge on any atom is 0.338 e. The lowest BCUT2D eigenvalue weighted by atomic mass is 9.96.